The molecular formula is C12H21BrN4. The lowest BCUT2D eigenvalue weighted by molar-refractivity contribution is 0.372. The van der Waals surface area contributed by atoms with E-state index in [2.05, 4.69) is 53.0 Å². The molecule has 0 saturated carbocycles. The number of likely N-dealkylation sites (N-methyl/N-ethyl adjacent to an activating group) is 1. The maximum absolute atomic E-state index is 5.52. The lowest BCUT2D eigenvalue weighted by atomic mass is 10.2. The lowest BCUT2D eigenvalue weighted by Gasteiger charge is -2.12. The van der Waals surface area contributed by atoms with Gasteiger partial charge in [-0.25, -0.2) is 0 Å². The average Bonchev–Trinajstić information content (AvgIpc) is 2.64. The molecule has 1 aromatic rings. The molecule has 0 aliphatic carbocycles. The standard InChI is InChI=1S/C12H21BrN4/c1-10(5-4-6-14)12-11(13)9-15-17(12)8-7-16(2)3/h5,9H,4,6-8,14H2,1-3H3. The van der Waals surface area contributed by atoms with Crippen molar-refractivity contribution in [1.29, 1.82) is 0 Å². The van der Waals surface area contributed by atoms with Crippen molar-refractivity contribution < 1.29 is 0 Å². The molecule has 17 heavy (non-hydrogen) atoms. The van der Waals surface area contributed by atoms with Crippen LogP contribution in [0.5, 0.6) is 0 Å². The maximum atomic E-state index is 5.52. The van der Waals surface area contributed by atoms with Gasteiger partial charge in [0.05, 0.1) is 22.9 Å². The van der Waals surface area contributed by atoms with Gasteiger partial charge in [-0.15, -0.1) is 0 Å². The van der Waals surface area contributed by atoms with Crippen LogP contribution in [0.15, 0.2) is 16.7 Å². The smallest absolute Gasteiger partial charge is 0.0778 e. The molecule has 4 nitrogen and oxygen atoms in total. The number of halogens is 1. The third-order valence-electron chi connectivity index (χ3n) is 2.54. The minimum Gasteiger partial charge on any atom is -0.330 e. The molecule has 0 spiro atoms. The van der Waals surface area contributed by atoms with E-state index in [4.69, 9.17) is 5.73 Å². The van der Waals surface area contributed by atoms with Crippen LogP contribution in [0.4, 0.5) is 0 Å². The molecule has 2 N–H and O–H groups in total. The van der Waals surface area contributed by atoms with E-state index in [-0.39, 0.29) is 0 Å². The van der Waals surface area contributed by atoms with E-state index in [0.717, 1.165) is 29.7 Å². The van der Waals surface area contributed by atoms with E-state index >= 15 is 0 Å². The molecule has 0 atom stereocenters. The van der Waals surface area contributed by atoms with E-state index in [9.17, 15) is 0 Å². The second-order valence-corrected chi connectivity index (χ2v) is 5.19. The third kappa shape index (κ3) is 4.26. The summed E-state index contributed by atoms with van der Waals surface area (Å²) >= 11 is 3.55. The maximum Gasteiger partial charge on any atom is 0.0778 e. The Morgan fingerprint density at radius 2 is 2.29 bits per heavy atom. The molecule has 5 heteroatoms. The molecule has 96 valence electrons. The van der Waals surface area contributed by atoms with Crippen molar-refractivity contribution >= 4 is 21.5 Å². The van der Waals surface area contributed by atoms with Crippen LogP contribution in [-0.4, -0.2) is 41.9 Å². The van der Waals surface area contributed by atoms with Crippen LogP contribution in [0.3, 0.4) is 0 Å². The largest absolute Gasteiger partial charge is 0.330 e. The lowest BCUT2D eigenvalue weighted by Crippen LogP contribution is -2.20. The summed E-state index contributed by atoms with van der Waals surface area (Å²) in [6.45, 7) is 4.65. The Hall–Kier alpha value is -0.650. The van der Waals surface area contributed by atoms with Crippen LogP contribution in [-0.2, 0) is 6.54 Å². The first kappa shape index (κ1) is 14.4. The zero-order chi connectivity index (χ0) is 12.8. The molecule has 0 aromatic carbocycles. The first-order chi connectivity index (χ1) is 8.06. The van der Waals surface area contributed by atoms with Gasteiger partial charge in [0.15, 0.2) is 0 Å². The van der Waals surface area contributed by atoms with Crippen molar-refractivity contribution in [2.75, 3.05) is 27.2 Å². The van der Waals surface area contributed by atoms with E-state index < -0.39 is 0 Å². The van der Waals surface area contributed by atoms with Gasteiger partial charge in [-0.05, 0) is 55.5 Å². The quantitative estimate of drug-likeness (QED) is 0.874. The monoisotopic (exact) mass is 300 g/mol. The van der Waals surface area contributed by atoms with Gasteiger partial charge in [-0.1, -0.05) is 6.08 Å². The third-order valence-corrected chi connectivity index (χ3v) is 3.12. The van der Waals surface area contributed by atoms with Crippen molar-refractivity contribution in [2.24, 2.45) is 5.73 Å². The summed E-state index contributed by atoms with van der Waals surface area (Å²) < 4.78 is 3.08. The molecular weight excluding hydrogens is 280 g/mol. The molecule has 0 radical (unpaired) electrons. The first-order valence-corrected chi connectivity index (χ1v) is 6.58. The van der Waals surface area contributed by atoms with Crippen LogP contribution in [0.25, 0.3) is 5.57 Å². The Morgan fingerprint density at radius 3 is 2.88 bits per heavy atom. The van der Waals surface area contributed by atoms with Gasteiger partial charge < -0.3 is 10.6 Å². The van der Waals surface area contributed by atoms with Crippen LogP contribution in [0.1, 0.15) is 19.0 Å². The zero-order valence-electron chi connectivity index (χ0n) is 10.8. The Labute approximate surface area is 112 Å². The van der Waals surface area contributed by atoms with Gasteiger partial charge in [0.25, 0.3) is 0 Å². The summed E-state index contributed by atoms with van der Waals surface area (Å²) in [5.41, 5.74) is 7.89. The number of nitrogens with zero attached hydrogens (tertiary/aromatic N) is 3. The number of aromatic nitrogens is 2. The summed E-state index contributed by atoms with van der Waals surface area (Å²) in [6.07, 6.45) is 4.91. The minimum absolute atomic E-state index is 0.681. The fourth-order valence-electron chi connectivity index (χ4n) is 1.62. The van der Waals surface area contributed by atoms with Gasteiger partial charge in [-0.2, -0.15) is 5.10 Å². The van der Waals surface area contributed by atoms with Gasteiger partial charge in [0, 0.05) is 6.54 Å². The second-order valence-electron chi connectivity index (χ2n) is 4.33. The van der Waals surface area contributed by atoms with Gasteiger partial charge >= 0.3 is 0 Å². The Balaban J connectivity index is 2.86. The number of hydrogen-bond donors (Lipinski definition) is 1. The van der Waals surface area contributed by atoms with E-state index in [0.29, 0.717) is 6.54 Å². The molecule has 0 aliphatic rings. The fourth-order valence-corrected chi connectivity index (χ4v) is 2.22. The molecule has 0 unspecified atom stereocenters. The topological polar surface area (TPSA) is 47.1 Å². The van der Waals surface area contributed by atoms with Crippen LogP contribution in [0.2, 0.25) is 0 Å². The van der Waals surface area contributed by atoms with Gasteiger partial charge in [0.2, 0.25) is 0 Å². The second kappa shape index (κ2) is 6.93. The van der Waals surface area contributed by atoms with Gasteiger partial charge in [-0.3, -0.25) is 4.68 Å². The van der Waals surface area contributed by atoms with Gasteiger partial charge in [0.1, 0.15) is 0 Å². The normalized spacial score (nSPS) is 12.5. The first-order valence-electron chi connectivity index (χ1n) is 5.79. The van der Waals surface area contributed by atoms with Crippen molar-refractivity contribution in [1.82, 2.24) is 14.7 Å². The summed E-state index contributed by atoms with van der Waals surface area (Å²) in [6, 6.07) is 0. The Bertz CT molecular complexity index is 382. The average molecular weight is 301 g/mol. The van der Waals surface area contributed by atoms with Crippen molar-refractivity contribution in [3.63, 3.8) is 0 Å². The van der Waals surface area contributed by atoms with Crippen molar-refractivity contribution in [2.45, 2.75) is 19.9 Å². The van der Waals surface area contributed by atoms with Crippen LogP contribution in [0, 0.1) is 0 Å². The predicted molar refractivity (Wildman–Crippen MR) is 75.8 cm³/mol. The molecule has 1 aromatic heterocycles. The number of allylic oxidation sites excluding steroid dienone is 1. The highest BCUT2D eigenvalue weighted by atomic mass is 79.9. The molecule has 0 fully saturated rings. The Morgan fingerprint density at radius 1 is 1.59 bits per heavy atom. The molecule has 0 bridgehead atoms. The van der Waals surface area contributed by atoms with Crippen molar-refractivity contribution in [3.8, 4) is 0 Å². The fraction of sp³-hybridized carbons (Fsp3) is 0.583. The molecule has 0 amide bonds. The highest BCUT2D eigenvalue weighted by Crippen LogP contribution is 2.24. The zero-order valence-corrected chi connectivity index (χ0v) is 12.4. The number of nitrogens with two attached hydrogens (primary N) is 1. The predicted octanol–water partition coefficient (Wildman–Crippen LogP) is 1.96. The van der Waals surface area contributed by atoms with Crippen molar-refractivity contribution in [3.05, 3.63) is 22.4 Å². The highest BCUT2D eigenvalue weighted by molar-refractivity contribution is 9.10. The van der Waals surface area contributed by atoms with E-state index in [1.807, 2.05) is 10.9 Å². The Kier molecular flexibility index (Phi) is 5.88. The summed E-state index contributed by atoms with van der Waals surface area (Å²) in [4.78, 5) is 2.15. The summed E-state index contributed by atoms with van der Waals surface area (Å²) in [5, 5.41) is 4.39. The summed E-state index contributed by atoms with van der Waals surface area (Å²) in [7, 11) is 4.13. The minimum atomic E-state index is 0.681. The summed E-state index contributed by atoms with van der Waals surface area (Å²) in [5.74, 6) is 0. The highest BCUT2D eigenvalue weighted by Gasteiger charge is 2.10. The molecule has 1 heterocycles. The number of hydrogen-bond acceptors (Lipinski definition) is 3. The number of rotatable bonds is 6. The molecule has 0 saturated heterocycles. The van der Waals surface area contributed by atoms with Crippen LogP contribution >= 0.6 is 15.9 Å². The molecule has 1 rings (SSSR count). The SMILES string of the molecule is CC(=CCCN)c1c(Br)cnn1CCN(C)C. The van der Waals surface area contributed by atoms with E-state index in [1.165, 1.54) is 5.57 Å². The van der Waals surface area contributed by atoms with E-state index in [1.54, 1.807) is 0 Å². The van der Waals surface area contributed by atoms with Crippen LogP contribution < -0.4 is 5.73 Å². The molecule has 0 aliphatic heterocycles.